The Kier molecular flexibility index (Phi) is 48.9. The largest absolute Gasteiger partial charge is 0.492 e. The monoisotopic (exact) mass is 2010 g/mol. The first-order valence-corrected chi connectivity index (χ1v) is 58.1. The van der Waals surface area contributed by atoms with Crippen molar-refractivity contribution in [3.8, 4) is 34.5 Å². The Bertz CT molecular complexity index is 5670. The molecule has 0 aromatic heterocycles. The van der Waals surface area contributed by atoms with Crippen molar-refractivity contribution in [3.63, 3.8) is 0 Å². The van der Waals surface area contributed by atoms with Gasteiger partial charge >= 0.3 is 0 Å². The number of benzene rings is 6. The zero-order valence-corrected chi connectivity index (χ0v) is 89.9. The normalized spacial score (nSPS) is 21.4. The molecule has 6 aromatic rings. The fourth-order valence-corrected chi connectivity index (χ4v) is 26.6. The molecule has 0 spiro atoms. The van der Waals surface area contributed by atoms with Crippen LogP contribution in [-0.2, 0) is 60.1 Å². The third-order valence-corrected chi connectivity index (χ3v) is 36.2. The molecule has 0 saturated heterocycles. The van der Waals surface area contributed by atoms with Crippen molar-refractivity contribution in [2.24, 2.45) is 0 Å². The van der Waals surface area contributed by atoms with E-state index in [1.807, 2.05) is 210 Å². The Morgan fingerprint density at radius 3 is 0.642 bits per heavy atom. The topological polar surface area (TPSA) is 280 Å². The quantitative estimate of drug-likeness (QED) is 0.140. The van der Waals surface area contributed by atoms with Crippen LogP contribution in [0.4, 0.5) is 0 Å². The summed E-state index contributed by atoms with van der Waals surface area (Å²) in [5.74, 6) is 2.79. The highest BCUT2D eigenvalue weighted by Crippen LogP contribution is 2.38. The van der Waals surface area contributed by atoms with Crippen molar-refractivity contribution in [2.45, 2.75) is 338 Å². The highest BCUT2D eigenvalue weighted by atomic mass is 32.2. The van der Waals surface area contributed by atoms with Gasteiger partial charge in [-0.2, -0.15) is 25.8 Å². The lowest BCUT2D eigenvalue weighted by Crippen LogP contribution is -2.38. The summed E-state index contributed by atoms with van der Waals surface area (Å²) < 4.78 is 201. The molecule has 6 aliphatic heterocycles. The molecule has 0 unspecified atom stereocenters. The van der Waals surface area contributed by atoms with Gasteiger partial charge < -0.3 is 28.4 Å². The van der Waals surface area contributed by atoms with E-state index in [1.165, 1.54) is 8.61 Å². The van der Waals surface area contributed by atoms with Crippen molar-refractivity contribution < 1.29 is 78.9 Å². The van der Waals surface area contributed by atoms with E-state index in [0.717, 1.165) is 181 Å². The van der Waals surface area contributed by atoms with E-state index >= 15 is 0 Å². The van der Waals surface area contributed by atoms with Gasteiger partial charge in [-0.1, -0.05) is 109 Å². The molecule has 762 valence electrons. The summed E-state index contributed by atoms with van der Waals surface area (Å²) in [6.45, 7) is 40.6. The molecule has 137 heavy (non-hydrogen) atoms. The van der Waals surface area contributed by atoms with Crippen LogP contribution < -0.4 is 28.4 Å². The Balaban J connectivity index is 0.000000224. The molecule has 30 heteroatoms. The number of fused-ring (bicyclic) bond motifs is 6. The van der Waals surface area contributed by atoms with Crippen LogP contribution in [0.1, 0.15) is 264 Å². The van der Waals surface area contributed by atoms with Crippen LogP contribution in [0.25, 0.3) is 0 Å². The minimum atomic E-state index is -3.57. The molecule has 0 fully saturated rings. The molecule has 0 aliphatic carbocycles. The van der Waals surface area contributed by atoms with Crippen LogP contribution in [0.15, 0.2) is 211 Å². The van der Waals surface area contributed by atoms with Crippen molar-refractivity contribution in [2.75, 3.05) is 78.9 Å². The number of ether oxygens (including phenoxy) is 6. The van der Waals surface area contributed by atoms with Crippen molar-refractivity contribution >= 4 is 60.1 Å². The number of allylic oxidation sites excluding steroid dienone is 8. The van der Waals surface area contributed by atoms with Gasteiger partial charge in [0.2, 0.25) is 60.1 Å². The lowest BCUT2D eigenvalue weighted by atomic mass is 10.2. The van der Waals surface area contributed by atoms with Gasteiger partial charge in [0.15, 0.2) is 0 Å². The van der Waals surface area contributed by atoms with Gasteiger partial charge in [0.25, 0.3) is 0 Å². The second-order valence-electron chi connectivity index (χ2n) is 37.3. The van der Waals surface area contributed by atoms with Crippen LogP contribution in [0.5, 0.6) is 34.5 Å². The zero-order valence-electron chi connectivity index (χ0n) is 85.0. The Hall–Kier alpha value is -7.98. The molecule has 6 aliphatic rings. The second-order valence-corrected chi connectivity index (χ2v) is 48.5. The number of sulfonamides is 6. The molecule has 0 radical (unpaired) electrons. The Labute approximate surface area is 825 Å². The van der Waals surface area contributed by atoms with Crippen molar-refractivity contribution in [1.29, 1.82) is 0 Å². The summed E-state index contributed by atoms with van der Waals surface area (Å²) in [6, 6.07) is 31.4. The molecule has 0 atom stereocenters. The van der Waals surface area contributed by atoms with E-state index < -0.39 is 60.1 Å². The van der Waals surface area contributed by atoms with Crippen LogP contribution >= 0.6 is 0 Å². The van der Waals surface area contributed by atoms with Gasteiger partial charge in [-0.15, -0.1) is 0 Å². The Morgan fingerprint density at radius 2 is 0.394 bits per heavy atom. The van der Waals surface area contributed by atoms with Crippen molar-refractivity contribution in [1.82, 2.24) is 25.8 Å². The van der Waals surface area contributed by atoms with Gasteiger partial charge in [-0.3, -0.25) is 0 Å². The standard InChI is InChI=1S/C20H31NO3S.C19H29NO3S.C18H27NO3S.2C17H25NO3S.C16H23NO3S/c1-17(2)21-14-10-8-6-4-5-7-9-11-15-24-19-16-18(3)12-13-20(19)25(21,22)23;1-16(2)20-13-9-7-5-4-6-8-10-14-23-18-15-17(3)11-12-19(18)24(20,21)22;1-15(2)19-12-8-6-4-5-7-9-13-22-17-14-16(3)10-11-18(17)23(19,20)21;2*1-14(2)18-11-7-5-4-6-8-12-21-16-13-15(3)9-10-17(16)22(18,19)20;1-13(2)17-10-6-4-5-7-11-20-15-12-14(3)8-9-16(15)21(17,18)19/h4-5,12-13,16-17H,6-11,14-15H2,1-3H3;4,6,11-12,15-16H,5,7-10,13-14H2,1-3H3;5,7,10-11,14-15H,4,6,8-9,12-13H2,1-3H3;6,8-10,13-14H,4-5,7,11-12H2,1-3H3;5,7,9-10,13-14H,4,6,8,11-12H2,1-3H3;4,6,8-9,12-13H,5,7,10-11H2,1-3H3/b5-4-;6-4-;7-5-;8-6-;7-5-;6-4-. The van der Waals surface area contributed by atoms with E-state index in [0.29, 0.717) is 118 Å². The maximum atomic E-state index is 13.2. The van der Waals surface area contributed by atoms with Gasteiger partial charge in [0.05, 0.1) is 33.0 Å². The first-order chi connectivity index (χ1) is 65.1. The lowest BCUT2D eigenvalue weighted by Gasteiger charge is -2.27. The predicted octanol–water partition coefficient (Wildman–Crippen LogP) is 23.0. The maximum Gasteiger partial charge on any atom is 0.247 e. The number of hydrogen-bond acceptors (Lipinski definition) is 18. The van der Waals surface area contributed by atoms with Crippen LogP contribution in [0, 0.1) is 41.5 Å². The van der Waals surface area contributed by atoms with E-state index in [4.69, 9.17) is 28.4 Å². The third kappa shape index (κ3) is 36.2. The van der Waals surface area contributed by atoms with Crippen LogP contribution in [0.2, 0.25) is 0 Å². The van der Waals surface area contributed by atoms with Gasteiger partial charge in [0, 0.05) is 75.5 Å². The molecule has 0 bridgehead atoms. The van der Waals surface area contributed by atoms with E-state index in [2.05, 4.69) is 48.6 Å². The zero-order chi connectivity index (χ0) is 101. The number of hydrogen-bond donors (Lipinski definition) is 0. The summed E-state index contributed by atoms with van der Waals surface area (Å²) in [6.07, 6.45) is 46.9. The SMILES string of the molecule is Cc1ccc2c(c1)OC/C=C\CCCCN(C(C)C)S2(=O)=O.Cc1ccc2c(c1)OCC/C=C\CCCCN(C(C)C)S2(=O)=O.Cc1ccc2c(c1)OCCC/C=C\CCCCN(C(C)C)S2(=O)=O.Cc1ccc2c(c1)OCCC/C=C\CN(C(C)C)S2(=O)=O.Cc1ccc2c(c1)OCCCC/C=C\CCCCN(C(C)C)S2(=O)=O.Cc1ccc2c(c1)OCCCC/C=C\CN(C(C)C)S2(=O)=O. The lowest BCUT2D eigenvalue weighted by molar-refractivity contribution is 0.296. The second kappa shape index (κ2) is 57.8. The molecule has 24 nitrogen and oxygen atoms in total. The Morgan fingerprint density at radius 1 is 0.204 bits per heavy atom. The minimum absolute atomic E-state index is 0.0716. The average molecular weight is 2010 g/mol. The van der Waals surface area contributed by atoms with Crippen molar-refractivity contribution in [3.05, 3.63) is 215 Å². The smallest absolute Gasteiger partial charge is 0.247 e. The summed E-state index contributed by atoms with van der Waals surface area (Å²) in [7, 11) is -21.3. The fourth-order valence-electron chi connectivity index (χ4n) is 16.0. The summed E-state index contributed by atoms with van der Waals surface area (Å²) in [5.41, 5.74) is 5.98. The maximum absolute atomic E-state index is 13.2. The molecule has 12 rings (SSSR count). The molecule has 0 amide bonds. The molecule has 6 heterocycles. The number of aryl methyl sites for hydroxylation is 6. The summed E-state index contributed by atoms with van der Waals surface area (Å²) >= 11 is 0. The average Bonchev–Trinajstić information content (AvgIpc) is 1.48. The fraction of sp³-hybridized carbons (Fsp3) is 0.551. The molecular weight excluding hydrogens is 1850 g/mol. The van der Waals surface area contributed by atoms with Crippen LogP contribution in [0.3, 0.4) is 0 Å². The van der Waals surface area contributed by atoms with E-state index in [-0.39, 0.29) is 60.7 Å². The first-order valence-electron chi connectivity index (χ1n) is 49.5. The van der Waals surface area contributed by atoms with E-state index in [1.54, 1.807) is 65.8 Å². The molecular formula is C107H160N6O18S6. The predicted molar refractivity (Wildman–Crippen MR) is 555 cm³/mol. The third-order valence-electron chi connectivity index (χ3n) is 23.6. The molecule has 6 aromatic carbocycles. The minimum Gasteiger partial charge on any atom is -0.492 e. The number of rotatable bonds is 6. The van der Waals surface area contributed by atoms with Gasteiger partial charge in [-0.25, -0.2) is 50.5 Å². The highest BCUT2D eigenvalue weighted by Gasteiger charge is 2.37. The first kappa shape index (κ1) is 116. The highest BCUT2D eigenvalue weighted by molar-refractivity contribution is 7.90. The number of nitrogens with zero attached hydrogens (tertiary/aromatic N) is 6. The van der Waals surface area contributed by atoms with Gasteiger partial charge in [0.1, 0.15) is 70.5 Å². The van der Waals surface area contributed by atoms with E-state index in [9.17, 15) is 50.5 Å². The molecule has 0 N–H and O–H groups in total. The van der Waals surface area contributed by atoms with Gasteiger partial charge in [-0.05, 0) is 378 Å². The summed E-state index contributed by atoms with van der Waals surface area (Å²) in [4.78, 5) is 1.65. The summed E-state index contributed by atoms with van der Waals surface area (Å²) in [5, 5.41) is 0. The van der Waals surface area contributed by atoms with Crippen LogP contribution in [-0.4, -0.2) is 191 Å². The molecule has 0 saturated carbocycles.